The Morgan fingerprint density at radius 2 is 2.10 bits per heavy atom. The number of rotatable bonds is 4. The van der Waals surface area contributed by atoms with Gasteiger partial charge >= 0.3 is 0 Å². The number of aryl methyl sites for hydroxylation is 1. The van der Waals surface area contributed by atoms with Crippen LogP contribution in [0.1, 0.15) is 29.3 Å². The van der Waals surface area contributed by atoms with Crippen LogP contribution in [0.15, 0.2) is 24.5 Å². The van der Waals surface area contributed by atoms with Gasteiger partial charge in [0, 0.05) is 10.4 Å². The van der Waals surface area contributed by atoms with E-state index in [1.807, 2.05) is 17.4 Å². The van der Waals surface area contributed by atoms with Crippen LogP contribution < -0.4 is 14.5 Å². The molecule has 1 saturated heterocycles. The summed E-state index contributed by atoms with van der Waals surface area (Å²) in [5.74, 6) is 1.86. The largest absolute Gasteiger partial charge is 0.494 e. The molecule has 30 heavy (non-hydrogen) atoms. The fourth-order valence-electron chi connectivity index (χ4n) is 4.83. The quantitative estimate of drug-likeness (QED) is 0.695. The topological polar surface area (TPSA) is 42.7 Å². The van der Waals surface area contributed by atoms with Gasteiger partial charge < -0.3 is 14.5 Å². The van der Waals surface area contributed by atoms with Gasteiger partial charge in [0.2, 0.25) is 0 Å². The highest BCUT2D eigenvalue weighted by molar-refractivity contribution is 7.19. The number of aromatic nitrogens is 2. The average Bonchev–Trinajstić information content (AvgIpc) is 3.12. The van der Waals surface area contributed by atoms with Crippen LogP contribution in [-0.4, -0.2) is 43.3 Å². The van der Waals surface area contributed by atoms with Crippen molar-refractivity contribution in [2.24, 2.45) is 5.92 Å². The van der Waals surface area contributed by atoms with E-state index < -0.39 is 0 Å². The monoisotopic (exact) mass is 427 g/mol. The smallest absolute Gasteiger partial charge is 0.165 e. The molecule has 3 aromatic rings. The van der Waals surface area contributed by atoms with Crippen LogP contribution in [0.25, 0.3) is 10.2 Å². The van der Waals surface area contributed by atoms with E-state index in [1.165, 1.54) is 40.7 Å². The lowest BCUT2D eigenvalue weighted by Gasteiger charge is -2.33. The minimum atomic E-state index is -0.284. The van der Waals surface area contributed by atoms with Crippen molar-refractivity contribution in [3.8, 4) is 5.75 Å². The maximum Gasteiger partial charge on any atom is 0.165 e. The molecule has 158 valence electrons. The number of nitrogens with one attached hydrogen (secondary N) is 1. The highest BCUT2D eigenvalue weighted by Gasteiger charge is 2.27. The van der Waals surface area contributed by atoms with Gasteiger partial charge in [-0.15, -0.1) is 11.3 Å². The number of quaternary nitrogens is 1. The SMILES string of the molecule is COc1ccc(C[NH+]2CCN(c3ncnc4sc5c(c34)C[C@H](C)CC5)CC2)cc1F. The van der Waals surface area contributed by atoms with Crippen LogP contribution in [0.4, 0.5) is 10.2 Å². The van der Waals surface area contributed by atoms with Gasteiger partial charge in [0.1, 0.15) is 23.5 Å². The summed E-state index contributed by atoms with van der Waals surface area (Å²) in [6.45, 7) is 7.13. The Bertz CT molecular complexity index is 1060. The standard InChI is InChI=1S/C23H27FN4OS/c1-15-3-6-20-17(11-15)21-22(25-14-26-23(21)30-20)28-9-7-27(8-10-28)13-16-4-5-19(29-2)18(24)12-16/h4-5,12,14-15H,3,6-11,13H2,1-2H3/p+1/t15-/m1/s1. The second-order valence-electron chi connectivity index (χ2n) is 8.61. The van der Waals surface area contributed by atoms with Gasteiger partial charge in [-0.2, -0.15) is 0 Å². The van der Waals surface area contributed by atoms with Crippen molar-refractivity contribution in [2.45, 2.75) is 32.7 Å². The second-order valence-corrected chi connectivity index (χ2v) is 9.70. The zero-order valence-electron chi connectivity index (χ0n) is 17.6. The Labute approximate surface area is 180 Å². The summed E-state index contributed by atoms with van der Waals surface area (Å²) in [5.41, 5.74) is 2.51. The van der Waals surface area contributed by atoms with Gasteiger partial charge in [-0.3, -0.25) is 0 Å². The third kappa shape index (κ3) is 3.65. The molecule has 1 aromatic carbocycles. The first-order valence-corrected chi connectivity index (χ1v) is 11.6. The first kappa shape index (κ1) is 19.7. The van der Waals surface area contributed by atoms with E-state index >= 15 is 0 Å². The maximum atomic E-state index is 14.0. The minimum Gasteiger partial charge on any atom is -0.494 e. The Morgan fingerprint density at radius 1 is 1.27 bits per heavy atom. The van der Waals surface area contributed by atoms with Crippen molar-refractivity contribution in [3.05, 3.63) is 46.3 Å². The van der Waals surface area contributed by atoms with Gasteiger partial charge in [-0.05, 0) is 48.9 Å². The van der Waals surface area contributed by atoms with Crippen molar-refractivity contribution in [2.75, 3.05) is 38.2 Å². The summed E-state index contributed by atoms with van der Waals surface area (Å²) < 4.78 is 19.0. The normalized spacial score (nSPS) is 19.8. The van der Waals surface area contributed by atoms with E-state index in [0.717, 1.165) is 61.3 Å². The molecule has 2 aliphatic rings. The molecule has 1 aliphatic heterocycles. The van der Waals surface area contributed by atoms with E-state index in [1.54, 1.807) is 18.5 Å². The molecule has 0 saturated carbocycles. The first-order valence-electron chi connectivity index (χ1n) is 10.8. The molecule has 1 aliphatic carbocycles. The zero-order valence-corrected chi connectivity index (χ0v) is 18.4. The number of halogens is 1. The molecule has 1 atom stereocenters. The van der Waals surface area contributed by atoms with E-state index in [4.69, 9.17) is 9.72 Å². The van der Waals surface area contributed by atoms with E-state index in [2.05, 4.69) is 16.8 Å². The predicted octanol–water partition coefficient (Wildman–Crippen LogP) is 2.87. The maximum absolute atomic E-state index is 14.0. The molecule has 0 radical (unpaired) electrons. The van der Waals surface area contributed by atoms with Crippen LogP contribution in [0.5, 0.6) is 5.75 Å². The Hall–Kier alpha value is -2.25. The molecule has 5 rings (SSSR count). The molecule has 1 fully saturated rings. The zero-order chi connectivity index (χ0) is 20.7. The lowest BCUT2D eigenvalue weighted by Crippen LogP contribution is -3.13. The van der Waals surface area contributed by atoms with E-state index in [9.17, 15) is 4.39 Å². The Kier molecular flexibility index (Phi) is 5.33. The highest BCUT2D eigenvalue weighted by Crippen LogP contribution is 2.40. The number of nitrogens with zero attached hydrogens (tertiary/aromatic N) is 3. The number of ether oxygens (including phenoxy) is 1. The summed E-state index contributed by atoms with van der Waals surface area (Å²) in [6, 6.07) is 5.29. The molecule has 0 unspecified atom stereocenters. The number of anilines is 1. The number of methoxy groups -OCH3 is 1. The molecular weight excluding hydrogens is 399 g/mol. The lowest BCUT2D eigenvalue weighted by molar-refractivity contribution is -0.914. The third-order valence-electron chi connectivity index (χ3n) is 6.51. The number of hydrogen-bond donors (Lipinski definition) is 1. The average molecular weight is 428 g/mol. The number of piperazine rings is 1. The summed E-state index contributed by atoms with van der Waals surface area (Å²) in [6.07, 6.45) is 5.32. The Morgan fingerprint density at radius 3 is 2.87 bits per heavy atom. The molecule has 5 nitrogen and oxygen atoms in total. The molecular formula is C23H28FN4OS+. The van der Waals surface area contributed by atoms with Gasteiger partial charge in [-0.25, -0.2) is 14.4 Å². The third-order valence-corrected chi connectivity index (χ3v) is 7.71. The van der Waals surface area contributed by atoms with Crippen molar-refractivity contribution in [1.29, 1.82) is 0 Å². The highest BCUT2D eigenvalue weighted by atomic mass is 32.1. The number of thiophene rings is 1. The summed E-state index contributed by atoms with van der Waals surface area (Å²) in [7, 11) is 1.50. The molecule has 0 spiro atoms. The molecule has 1 N–H and O–H groups in total. The predicted molar refractivity (Wildman–Crippen MR) is 118 cm³/mol. The number of benzene rings is 1. The van der Waals surface area contributed by atoms with Crippen molar-refractivity contribution in [3.63, 3.8) is 0 Å². The minimum absolute atomic E-state index is 0.284. The van der Waals surface area contributed by atoms with Crippen molar-refractivity contribution in [1.82, 2.24) is 9.97 Å². The number of fused-ring (bicyclic) bond motifs is 3. The van der Waals surface area contributed by atoms with Gasteiger partial charge in [-0.1, -0.05) is 6.92 Å². The van der Waals surface area contributed by atoms with Crippen LogP contribution in [0, 0.1) is 11.7 Å². The van der Waals surface area contributed by atoms with E-state index in [0.29, 0.717) is 5.75 Å². The lowest BCUT2D eigenvalue weighted by atomic mass is 9.88. The second kappa shape index (κ2) is 8.12. The molecule has 2 aromatic heterocycles. The van der Waals surface area contributed by atoms with Crippen molar-refractivity contribution >= 4 is 27.4 Å². The van der Waals surface area contributed by atoms with Gasteiger partial charge in [0.25, 0.3) is 0 Å². The summed E-state index contributed by atoms with van der Waals surface area (Å²) in [4.78, 5) is 15.9. The van der Waals surface area contributed by atoms with Crippen LogP contribution in [0.3, 0.4) is 0 Å². The van der Waals surface area contributed by atoms with Gasteiger partial charge in [0.15, 0.2) is 11.6 Å². The molecule has 7 heteroatoms. The van der Waals surface area contributed by atoms with Crippen LogP contribution in [-0.2, 0) is 19.4 Å². The van der Waals surface area contributed by atoms with E-state index in [-0.39, 0.29) is 5.82 Å². The summed E-state index contributed by atoms with van der Waals surface area (Å²) in [5, 5.41) is 1.30. The van der Waals surface area contributed by atoms with Crippen LogP contribution >= 0.6 is 11.3 Å². The van der Waals surface area contributed by atoms with Gasteiger partial charge in [0.05, 0.1) is 38.7 Å². The fourth-order valence-corrected chi connectivity index (χ4v) is 6.00. The molecule has 0 bridgehead atoms. The molecule has 3 heterocycles. The Balaban J connectivity index is 1.32. The molecule has 0 amide bonds. The van der Waals surface area contributed by atoms with Crippen LogP contribution in [0.2, 0.25) is 0 Å². The van der Waals surface area contributed by atoms with Crippen molar-refractivity contribution < 1.29 is 14.0 Å². The number of hydrogen-bond acceptors (Lipinski definition) is 5. The first-order chi connectivity index (χ1) is 14.6. The summed E-state index contributed by atoms with van der Waals surface area (Å²) >= 11 is 1.86. The fraction of sp³-hybridized carbons (Fsp3) is 0.478.